The number of rotatable bonds is 6. The third-order valence-electron chi connectivity index (χ3n) is 3.30. The van der Waals surface area contributed by atoms with Crippen LogP contribution in [0.3, 0.4) is 0 Å². The number of nitrogens with zero attached hydrogens (tertiary/aromatic N) is 2. The molecule has 0 spiro atoms. The normalized spacial score (nSPS) is 11.2. The van der Waals surface area contributed by atoms with E-state index in [1.807, 2.05) is 17.5 Å². The first-order valence-electron chi connectivity index (χ1n) is 7.05. The number of fused-ring (bicyclic) bond motifs is 1. The van der Waals surface area contributed by atoms with E-state index in [-0.39, 0.29) is 0 Å². The van der Waals surface area contributed by atoms with Crippen molar-refractivity contribution in [2.24, 2.45) is 0 Å². The summed E-state index contributed by atoms with van der Waals surface area (Å²) in [4.78, 5) is 2.75. The Morgan fingerprint density at radius 3 is 2.90 bits per heavy atom. The zero-order valence-electron chi connectivity index (χ0n) is 11.7. The smallest absolute Gasteiger partial charge is 0.0759 e. The lowest BCUT2D eigenvalue weighted by Crippen LogP contribution is -2.12. The van der Waals surface area contributed by atoms with Crippen LogP contribution in [0.5, 0.6) is 0 Å². The first-order valence-corrected chi connectivity index (χ1v) is 7.87. The van der Waals surface area contributed by atoms with Crippen LogP contribution in [-0.4, -0.2) is 16.3 Å². The maximum atomic E-state index is 4.48. The summed E-state index contributed by atoms with van der Waals surface area (Å²) in [6, 6.07) is 12.8. The molecule has 2 heterocycles. The van der Waals surface area contributed by atoms with E-state index in [2.05, 4.69) is 58.4 Å². The molecule has 0 fully saturated rings. The van der Waals surface area contributed by atoms with Gasteiger partial charge in [0.05, 0.1) is 18.3 Å². The second-order valence-corrected chi connectivity index (χ2v) is 6.16. The third-order valence-corrected chi connectivity index (χ3v) is 4.37. The van der Waals surface area contributed by atoms with Crippen molar-refractivity contribution < 1.29 is 0 Å². The fourth-order valence-electron chi connectivity index (χ4n) is 2.29. The molecule has 0 aliphatic carbocycles. The zero-order valence-corrected chi connectivity index (χ0v) is 12.5. The number of aromatic nitrogens is 2. The largest absolute Gasteiger partial charge is 0.312 e. The number of nitrogens with one attached hydrogen (secondary N) is 1. The van der Waals surface area contributed by atoms with Crippen LogP contribution in [0.15, 0.2) is 42.6 Å². The summed E-state index contributed by atoms with van der Waals surface area (Å²) in [6.45, 7) is 5.09. The molecule has 0 saturated carbocycles. The van der Waals surface area contributed by atoms with Crippen LogP contribution in [0, 0.1) is 0 Å². The van der Waals surface area contributed by atoms with E-state index in [0.717, 1.165) is 19.6 Å². The van der Waals surface area contributed by atoms with Crippen LogP contribution in [0.2, 0.25) is 0 Å². The van der Waals surface area contributed by atoms with Crippen LogP contribution in [0.25, 0.3) is 10.9 Å². The van der Waals surface area contributed by atoms with E-state index in [1.165, 1.54) is 27.1 Å². The van der Waals surface area contributed by atoms with Crippen LogP contribution in [0.1, 0.15) is 23.1 Å². The van der Waals surface area contributed by atoms with E-state index < -0.39 is 0 Å². The van der Waals surface area contributed by atoms with Crippen LogP contribution < -0.4 is 5.32 Å². The molecule has 3 aromatic rings. The van der Waals surface area contributed by atoms with Crippen molar-refractivity contribution in [2.45, 2.75) is 26.4 Å². The first-order chi connectivity index (χ1) is 9.86. The summed E-state index contributed by atoms with van der Waals surface area (Å²) < 4.78 is 2.07. The molecular formula is C16H19N3S. The number of hydrogen-bond donors (Lipinski definition) is 1. The van der Waals surface area contributed by atoms with Gasteiger partial charge < -0.3 is 5.32 Å². The van der Waals surface area contributed by atoms with Gasteiger partial charge in [-0.1, -0.05) is 25.1 Å². The summed E-state index contributed by atoms with van der Waals surface area (Å²) >= 11 is 1.87. The van der Waals surface area contributed by atoms with Crippen molar-refractivity contribution >= 4 is 22.2 Å². The fraction of sp³-hybridized carbons (Fsp3) is 0.312. The molecule has 0 amide bonds. The van der Waals surface area contributed by atoms with E-state index >= 15 is 0 Å². The number of para-hydroxylation sites is 1. The van der Waals surface area contributed by atoms with Gasteiger partial charge in [0.2, 0.25) is 0 Å². The van der Waals surface area contributed by atoms with Crippen molar-refractivity contribution in [3.8, 4) is 0 Å². The van der Waals surface area contributed by atoms with Crippen LogP contribution in [0.4, 0.5) is 0 Å². The highest BCUT2D eigenvalue weighted by Gasteiger charge is 2.05. The predicted molar refractivity (Wildman–Crippen MR) is 85.2 cm³/mol. The van der Waals surface area contributed by atoms with Crippen molar-refractivity contribution in [3.63, 3.8) is 0 Å². The standard InChI is InChI=1S/C16H19N3S/c1-2-9-17-11-14-7-8-15(20-14)12-19-16-6-4-3-5-13(16)10-18-19/h3-8,10,17H,2,9,11-12H2,1H3. The summed E-state index contributed by atoms with van der Waals surface area (Å²) in [6.07, 6.45) is 3.12. The van der Waals surface area contributed by atoms with Crippen molar-refractivity contribution in [2.75, 3.05) is 6.54 Å². The maximum absolute atomic E-state index is 4.48. The van der Waals surface area contributed by atoms with Gasteiger partial charge in [0.1, 0.15) is 0 Å². The Labute approximate surface area is 123 Å². The highest BCUT2D eigenvalue weighted by atomic mass is 32.1. The Morgan fingerprint density at radius 2 is 2.00 bits per heavy atom. The average molecular weight is 285 g/mol. The molecule has 20 heavy (non-hydrogen) atoms. The lowest BCUT2D eigenvalue weighted by Gasteiger charge is -2.01. The Morgan fingerprint density at radius 1 is 1.15 bits per heavy atom. The summed E-state index contributed by atoms with van der Waals surface area (Å²) in [5.41, 5.74) is 1.20. The quantitative estimate of drug-likeness (QED) is 0.701. The zero-order chi connectivity index (χ0) is 13.8. The third kappa shape index (κ3) is 2.92. The summed E-state index contributed by atoms with van der Waals surface area (Å²) in [7, 11) is 0. The molecule has 0 unspecified atom stereocenters. The number of thiophene rings is 1. The fourth-order valence-corrected chi connectivity index (χ4v) is 3.26. The van der Waals surface area contributed by atoms with Crippen molar-refractivity contribution in [3.05, 3.63) is 52.3 Å². The van der Waals surface area contributed by atoms with E-state index in [4.69, 9.17) is 0 Å². The van der Waals surface area contributed by atoms with Gasteiger partial charge in [-0.2, -0.15) is 5.10 Å². The van der Waals surface area contributed by atoms with Crippen LogP contribution in [-0.2, 0) is 13.1 Å². The van der Waals surface area contributed by atoms with Gasteiger partial charge in [-0.15, -0.1) is 11.3 Å². The Hall–Kier alpha value is -1.65. The molecule has 4 heteroatoms. The lowest BCUT2D eigenvalue weighted by atomic mass is 10.2. The van der Waals surface area contributed by atoms with E-state index in [0.29, 0.717) is 0 Å². The summed E-state index contributed by atoms with van der Waals surface area (Å²) in [5.74, 6) is 0. The molecule has 2 aromatic heterocycles. The topological polar surface area (TPSA) is 29.9 Å². The van der Waals surface area contributed by atoms with Crippen LogP contribution >= 0.6 is 11.3 Å². The molecule has 0 atom stereocenters. The van der Waals surface area contributed by atoms with Gasteiger partial charge in [0.25, 0.3) is 0 Å². The molecule has 3 rings (SSSR count). The second-order valence-electron chi connectivity index (χ2n) is 4.91. The monoisotopic (exact) mass is 285 g/mol. The van der Waals surface area contributed by atoms with Crippen molar-refractivity contribution in [1.82, 2.24) is 15.1 Å². The molecule has 1 N–H and O–H groups in total. The average Bonchev–Trinajstić information content (AvgIpc) is 3.08. The Bertz CT molecular complexity index is 684. The molecule has 3 nitrogen and oxygen atoms in total. The molecule has 0 aliphatic rings. The van der Waals surface area contributed by atoms with Crippen molar-refractivity contribution in [1.29, 1.82) is 0 Å². The van der Waals surface area contributed by atoms with Gasteiger partial charge in [-0.25, -0.2) is 0 Å². The second kappa shape index (κ2) is 6.20. The maximum Gasteiger partial charge on any atom is 0.0759 e. The van der Waals surface area contributed by atoms with Gasteiger partial charge in [-0.3, -0.25) is 4.68 Å². The molecule has 0 saturated heterocycles. The summed E-state index contributed by atoms with van der Waals surface area (Å²) in [5, 5.41) is 9.13. The molecule has 104 valence electrons. The first kappa shape index (κ1) is 13.3. The van der Waals surface area contributed by atoms with Gasteiger partial charge in [0, 0.05) is 21.7 Å². The predicted octanol–water partition coefficient (Wildman–Crippen LogP) is 3.65. The highest BCUT2D eigenvalue weighted by molar-refractivity contribution is 7.11. The van der Waals surface area contributed by atoms with E-state index in [9.17, 15) is 0 Å². The van der Waals surface area contributed by atoms with Gasteiger partial charge in [-0.05, 0) is 31.2 Å². The molecule has 1 aromatic carbocycles. The minimum absolute atomic E-state index is 0.853. The SMILES string of the molecule is CCCNCc1ccc(Cn2ncc3ccccc32)s1. The Kier molecular flexibility index (Phi) is 4.14. The molecule has 0 aliphatic heterocycles. The minimum Gasteiger partial charge on any atom is -0.312 e. The van der Waals surface area contributed by atoms with Gasteiger partial charge in [0.15, 0.2) is 0 Å². The minimum atomic E-state index is 0.853. The molecule has 0 bridgehead atoms. The number of hydrogen-bond acceptors (Lipinski definition) is 3. The van der Waals surface area contributed by atoms with Gasteiger partial charge >= 0.3 is 0 Å². The Balaban J connectivity index is 1.71. The molecule has 0 radical (unpaired) electrons. The highest BCUT2D eigenvalue weighted by Crippen LogP contribution is 2.20. The lowest BCUT2D eigenvalue weighted by molar-refractivity contribution is 0.681. The van der Waals surface area contributed by atoms with E-state index in [1.54, 1.807) is 0 Å². The number of benzene rings is 1. The molecular weight excluding hydrogens is 266 g/mol.